The molecule has 0 fully saturated rings. The molecule has 2 N–H and O–H groups in total. The van der Waals surface area contributed by atoms with Crippen molar-refractivity contribution in [1.29, 1.82) is 0 Å². The lowest BCUT2D eigenvalue weighted by molar-refractivity contribution is -0.115. The highest BCUT2D eigenvalue weighted by Gasteiger charge is 2.15. The van der Waals surface area contributed by atoms with Crippen LogP contribution in [0.3, 0.4) is 0 Å². The number of halogens is 1. The second kappa shape index (κ2) is 10.4. The number of carbonyl (C=O) groups is 1. The second-order valence-corrected chi connectivity index (χ2v) is 8.51. The van der Waals surface area contributed by atoms with Crippen LogP contribution >= 0.6 is 23.4 Å². The zero-order valence-corrected chi connectivity index (χ0v) is 19.0. The SMILES string of the molecule is COc1ccc(Cl)cc1NC(=O)CCSc1nc(-c2ccccc2)c(-c2ccccc2)[nH]1. The molecule has 162 valence electrons. The molecule has 0 aliphatic carbocycles. The summed E-state index contributed by atoms with van der Waals surface area (Å²) in [6.07, 6.45) is 0.322. The van der Waals surface area contributed by atoms with Crippen LogP contribution in [0.15, 0.2) is 84.0 Å². The summed E-state index contributed by atoms with van der Waals surface area (Å²) in [7, 11) is 1.56. The van der Waals surface area contributed by atoms with Crippen molar-refractivity contribution in [3.8, 4) is 28.3 Å². The highest BCUT2D eigenvalue weighted by atomic mass is 35.5. The van der Waals surface area contributed by atoms with Gasteiger partial charge in [-0.2, -0.15) is 0 Å². The highest BCUT2D eigenvalue weighted by molar-refractivity contribution is 7.99. The number of imidazole rings is 1. The summed E-state index contributed by atoms with van der Waals surface area (Å²) in [4.78, 5) is 20.7. The number of amides is 1. The number of methoxy groups -OCH3 is 1. The number of thioether (sulfide) groups is 1. The Balaban J connectivity index is 1.45. The van der Waals surface area contributed by atoms with E-state index in [9.17, 15) is 4.79 Å². The average Bonchev–Trinajstić information content (AvgIpc) is 3.25. The lowest BCUT2D eigenvalue weighted by Gasteiger charge is -2.10. The maximum atomic E-state index is 12.4. The van der Waals surface area contributed by atoms with Crippen LogP contribution in [-0.2, 0) is 4.79 Å². The van der Waals surface area contributed by atoms with Crippen LogP contribution in [0.5, 0.6) is 5.75 Å². The van der Waals surface area contributed by atoms with Crippen molar-refractivity contribution in [3.05, 3.63) is 83.9 Å². The quantitative estimate of drug-likeness (QED) is 0.291. The number of nitrogens with one attached hydrogen (secondary N) is 2. The van der Waals surface area contributed by atoms with E-state index in [2.05, 4.69) is 22.4 Å². The molecule has 1 heterocycles. The first-order valence-corrected chi connectivity index (χ1v) is 11.5. The van der Waals surface area contributed by atoms with Crippen LogP contribution in [-0.4, -0.2) is 28.7 Å². The van der Waals surface area contributed by atoms with Gasteiger partial charge in [0.2, 0.25) is 5.91 Å². The Morgan fingerprint density at radius 1 is 1.03 bits per heavy atom. The van der Waals surface area contributed by atoms with E-state index >= 15 is 0 Å². The molecule has 0 aliphatic rings. The van der Waals surface area contributed by atoms with Crippen LogP contribution in [0, 0.1) is 0 Å². The van der Waals surface area contributed by atoms with Gasteiger partial charge in [-0.3, -0.25) is 4.79 Å². The van der Waals surface area contributed by atoms with Crippen molar-refractivity contribution in [2.75, 3.05) is 18.2 Å². The number of H-pyrrole nitrogens is 1. The number of benzene rings is 3. The number of rotatable bonds is 8. The van der Waals surface area contributed by atoms with E-state index in [1.54, 1.807) is 25.3 Å². The molecule has 0 unspecified atom stereocenters. The molecule has 0 saturated heterocycles. The molecule has 32 heavy (non-hydrogen) atoms. The molecular weight excluding hydrogens is 442 g/mol. The van der Waals surface area contributed by atoms with E-state index in [-0.39, 0.29) is 5.91 Å². The van der Waals surface area contributed by atoms with Gasteiger partial charge in [-0.25, -0.2) is 4.98 Å². The summed E-state index contributed by atoms with van der Waals surface area (Å²) < 4.78 is 5.28. The Hall–Kier alpha value is -3.22. The lowest BCUT2D eigenvalue weighted by Crippen LogP contribution is -2.13. The minimum absolute atomic E-state index is 0.115. The van der Waals surface area contributed by atoms with Gasteiger partial charge in [0.05, 0.1) is 24.2 Å². The summed E-state index contributed by atoms with van der Waals surface area (Å²) in [5.74, 6) is 1.03. The standard InChI is InChI=1S/C25H22ClN3O2S/c1-31-21-13-12-19(26)16-20(21)27-22(30)14-15-32-25-28-23(17-8-4-2-5-9-17)24(29-25)18-10-6-3-7-11-18/h2-13,16H,14-15H2,1H3,(H,27,30)(H,28,29). The Morgan fingerprint density at radius 2 is 1.72 bits per heavy atom. The fraction of sp³-hybridized carbons (Fsp3) is 0.120. The molecule has 4 aromatic rings. The molecular formula is C25H22ClN3O2S. The van der Waals surface area contributed by atoms with Crippen LogP contribution in [0.2, 0.25) is 5.02 Å². The number of aromatic nitrogens is 2. The number of hydrogen-bond donors (Lipinski definition) is 2. The van der Waals surface area contributed by atoms with E-state index in [1.165, 1.54) is 11.8 Å². The van der Waals surface area contributed by atoms with Gasteiger partial charge in [0, 0.05) is 28.3 Å². The van der Waals surface area contributed by atoms with Crippen molar-refractivity contribution in [1.82, 2.24) is 9.97 Å². The summed E-state index contributed by atoms with van der Waals surface area (Å²) >= 11 is 7.55. The van der Waals surface area contributed by atoms with Crippen molar-refractivity contribution in [2.45, 2.75) is 11.6 Å². The van der Waals surface area contributed by atoms with Gasteiger partial charge in [0.15, 0.2) is 5.16 Å². The predicted octanol–water partition coefficient (Wildman–Crippen LogP) is 6.53. The Morgan fingerprint density at radius 3 is 2.41 bits per heavy atom. The van der Waals surface area contributed by atoms with Gasteiger partial charge in [-0.15, -0.1) is 0 Å². The van der Waals surface area contributed by atoms with E-state index < -0.39 is 0 Å². The Bertz CT molecular complexity index is 1140. The number of aromatic amines is 1. The first-order chi connectivity index (χ1) is 15.6. The number of hydrogen-bond acceptors (Lipinski definition) is 4. The summed E-state index contributed by atoms with van der Waals surface area (Å²) in [5.41, 5.74) is 4.53. The van der Waals surface area contributed by atoms with Gasteiger partial charge in [-0.05, 0) is 18.2 Å². The summed E-state index contributed by atoms with van der Waals surface area (Å²) in [6, 6.07) is 25.3. The van der Waals surface area contributed by atoms with Crippen LogP contribution in [0.4, 0.5) is 5.69 Å². The van der Waals surface area contributed by atoms with Crippen LogP contribution < -0.4 is 10.1 Å². The summed E-state index contributed by atoms with van der Waals surface area (Å²) in [6.45, 7) is 0. The zero-order chi connectivity index (χ0) is 22.3. The van der Waals surface area contributed by atoms with Crippen molar-refractivity contribution in [3.63, 3.8) is 0 Å². The maximum absolute atomic E-state index is 12.4. The van der Waals surface area contributed by atoms with Gasteiger partial charge < -0.3 is 15.0 Å². The Kier molecular flexibility index (Phi) is 7.14. The van der Waals surface area contributed by atoms with Crippen LogP contribution in [0.1, 0.15) is 6.42 Å². The number of ether oxygens (including phenoxy) is 1. The number of anilines is 1. The second-order valence-electron chi connectivity index (χ2n) is 6.99. The van der Waals surface area contributed by atoms with Gasteiger partial charge in [0.1, 0.15) is 5.75 Å². The third-order valence-corrected chi connectivity index (χ3v) is 5.91. The van der Waals surface area contributed by atoms with E-state index in [0.717, 1.165) is 27.7 Å². The largest absolute Gasteiger partial charge is 0.495 e. The normalized spacial score (nSPS) is 10.7. The zero-order valence-electron chi connectivity index (χ0n) is 17.5. The highest BCUT2D eigenvalue weighted by Crippen LogP contribution is 2.33. The molecule has 0 saturated carbocycles. The van der Waals surface area contributed by atoms with Crippen molar-refractivity contribution < 1.29 is 9.53 Å². The smallest absolute Gasteiger partial charge is 0.225 e. The third-order valence-electron chi connectivity index (χ3n) is 4.80. The predicted molar refractivity (Wildman–Crippen MR) is 131 cm³/mol. The first kappa shape index (κ1) is 22.0. The fourth-order valence-corrected chi connectivity index (χ4v) is 4.25. The van der Waals surface area contributed by atoms with E-state index in [0.29, 0.717) is 28.6 Å². The molecule has 7 heteroatoms. The number of nitrogens with zero attached hydrogens (tertiary/aromatic N) is 1. The number of carbonyl (C=O) groups excluding carboxylic acids is 1. The van der Waals surface area contributed by atoms with Crippen molar-refractivity contribution >= 4 is 35.0 Å². The Labute approximate surface area is 196 Å². The molecule has 5 nitrogen and oxygen atoms in total. The van der Waals surface area contributed by atoms with Gasteiger partial charge in [-0.1, -0.05) is 84.0 Å². The molecule has 0 spiro atoms. The van der Waals surface area contributed by atoms with E-state index in [1.807, 2.05) is 48.5 Å². The molecule has 1 aromatic heterocycles. The molecule has 1 amide bonds. The average molecular weight is 464 g/mol. The molecule has 0 radical (unpaired) electrons. The maximum Gasteiger partial charge on any atom is 0.225 e. The minimum Gasteiger partial charge on any atom is -0.495 e. The lowest BCUT2D eigenvalue weighted by atomic mass is 10.1. The summed E-state index contributed by atoms with van der Waals surface area (Å²) in [5, 5.41) is 4.17. The fourth-order valence-electron chi connectivity index (χ4n) is 3.27. The minimum atomic E-state index is -0.115. The van der Waals surface area contributed by atoms with Crippen molar-refractivity contribution in [2.24, 2.45) is 0 Å². The molecule has 0 atom stereocenters. The molecule has 3 aromatic carbocycles. The molecule has 0 aliphatic heterocycles. The first-order valence-electron chi connectivity index (χ1n) is 10.1. The monoisotopic (exact) mass is 463 g/mol. The topological polar surface area (TPSA) is 67.0 Å². The third kappa shape index (κ3) is 5.33. The van der Waals surface area contributed by atoms with Crippen LogP contribution in [0.25, 0.3) is 22.5 Å². The molecule has 4 rings (SSSR count). The van der Waals surface area contributed by atoms with Gasteiger partial charge in [0.25, 0.3) is 0 Å². The van der Waals surface area contributed by atoms with Gasteiger partial charge >= 0.3 is 0 Å². The van der Waals surface area contributed by atoms with E-state index in [4.69, 9.17) is 21.3 Å². The molecule has 0 bridgehead atoms.